The smallest absolute Gasteiger partial charge is 0.263 e. The molecule has 3 N–H and O–H groups in total. The van der Waals surface area contributed by atoms with E-state index in [4.69, 9.17) is 5.73 Å². The Labute approximate surface area is 131 Å². The zero-order chi connectivity index (χ0) is 15.6. The van der Waals surface area contributed by atoms with Crippen LogP contribution in [0.1, 0.15) is 12.5 Å². The van der Waals surface area contributed by atoms with Crippen LogP contribution < -0.4 is 10.5 Å². The first-order chi connectivity index (χ1) is 9.83. The second-order valence-electron chi connectivity index (χ2n) is 4.46. The van der Waals surface area contributed by atoms with Crippen molar-refractivity contribution in [2.45, 2.75) is 18.2 Å². The van der Waals surface area contributed by atoms with E-state index in [1.54, 1.807) is 18.2 Å². The third-order valence-corrected chi connectivity index (χ3v) is 4.97. The van der Waals surface area contributed by atoms with Gasteiger partial charge in [-0.2, -0.15) is 0 Å². The Balaban J connectivity index is 2.40. The number of aryl methyl sites for hydroxylation is 1. The highest BCUT2D eigenvalue weighted by Crippen LogP contribution is 2.27. The van der Waals surface area contributed by atoms with Crippen LogP contribution in [0.3, 0.4) is 0 Å². The van der Waals surface area contributed by atoms with Crippen molar-refractivity contribution in [1.82, 2.24) is 0 Å². The van der Waals surface area contributed by atoms with Gasteiger partial charge in [0.2, 0.25) is 0 Å². The van der Waals surface area contributed by atoms with Gasteiger partial charge < -0.3 is 5.73 Å². The predicted molar refractivity (Wildman–Crippen MR) is 85.1 cm³/mol. The van der Waals surface area contributed by atoms with Gasteiger partial charge in [-0.25, -0.2) is 12.8 Å². The van der Waals surface area contributed by atoms with E-state index in [9.17, 15) is 12.8 Å². The molecule has 0 bridgehead atoms. The maximum absolute atomic E-state index is 13.3. The molecule has 0 amide bonds. The first-order valence-electron chi connectivity index (χ1n) is 6.19. The summed E-state index contributed by atoms with van der Waals surface area (Å²) in [6.45, 7) is 1.97. The predicted octanol–water partition coefficient (Wildman–Crippen LogP) is 3.53. The van der Waals surface area contributed by atoms with Crippen molar-refractivity contribution < 1.29 is 12.8 Å². The summed E-state index contributed by atoms with van der Waals surface area (Å²) in [6, 6.07) is 9.18. The van der Waals surface area contributed by atoms with Crippen molar-refractivity contribution >= 4 is 37.3 Å². The molecule has 7 heteroatoms. The number of nitrogen functional groups attached to an aromatic ring is 1. The minimum atomic E-state index is -3.88. The van der Waals surface area contributed by atoms with Crippen molar-refractivity contribution in [3.8, 4) is 0 Å². The monoisotopic (exact) mass is 372 g/mol. The van der Waals surface area contributed by atoms with E-state index in [0.717, 1.165) is 24.1 Å². The molecule has 0 fully saturated rings. The van der Waals surface area contributed by atoms with E-state index in [-0.39, 0.29) is 15.1 Å². The van der Waals surface area contributed by atoms with Crippen LogP contribution in [0.15, 0.2) is 45.8 Å². The molecule has 2 aromatic carbocycles. The molecule has 0 unspecified atom stereocenters. The van der Waals surface area contributed by atoms with E-state index in [1.165, 1.54) is 0 Å². The van der Waals surface area contributed by atoms with Crippen molar-refractivity contribution in [2.75, 3.05) is 10.5 Å². The van der Waals surface area contributed by atoms with E-state index in [0.29, 0.717) is 5.69 Å². The number of nitrogens with one attached hydrogen (secondary N) is 1. The van der Waals surface area contributed by atoms with E-state index >= 15 is 0 Å². The Hall–Kier alpha value is -1.60. The average molecular weight is 373 g/mol. The number of sulfonamides is 1. The van der Waals surface area contributed by atoms with E-state index in [1.807, 2.05) is 13.0 Å². The lowest BCUT2D eigenvalue weighted by Gasteiger charge is -2.11. The number of nitrogens with two attached hydrogens (primary N) is 1. The molecule has 0 spiro atoms. The van der Waals surface area contributed by atoms with Gasteiger partial charge in [-0.05, 0) is 52.2 Å². The third-order valence-electron chi connectivity index (χ3n) is 2.93. The first-order valence-corrected chi connectivity index (χ1v) is 8.47. The molecule has 0 aliphatic rings. The summed E-state index contributed by atoms with van der Waals surface area (Å²) in [7, 11) is -3.88. The van der Waals surface area contributed by atoms with Gasteiger partial charge in [0.25, 0.3) is 10.0 Å². The molecule has 21 heavy (non-hydrogen) atoms. The van der Waals surface area contributed by atoms with Crippen LogP contribution in [0.5, 0.6) is 0 Å². The summed E-state index contributed by atoms with van der Waals surface area (Å²) in [4.78, 5) is -0.169. The molecule has 2 aromatic rings. The van der Waals surface area contributed by atoms with Crippen LogP contribution >= 0.6 is 15.9 Å². The molecule has 0 aliphatic carbocycles. The summed E-state index contributed by atoms with van der Waals surface area (Å²) in [6.07, 6.45) is 0.791. The maximum Gasteiger partial charge on any atom is 0.263 e. The highest BCUT2D eigenvalue weighted by molar-refractivity contribution is 9.10. The van der Waals surface area contributed by atoms with Gasteiger partial charge in [-0.15, -0.1) is 0 Å². The molecule has 2 rings (SSSR count). The SMILES string of the molecule is CCc1cccc(NS(=O)(=O)c2cc(Br)c(F)cc2N)c1. The topological polar surface area (TPSA) is 72.2 Å². The zero-order valence-electron chi connectivity index (χ0n) is 11.2. The standard InChI is InChI=1S/C14H14BrFN2O2S/c1-2-9-4-3-5-10(6-9)18-21(19,20)14-7-11(15)12(16)8-13(14)17/h3-8,18H,2,17H2,1H3. The Bertz CT molecular complexity index is 779. The Kier molecular flexibility index (Phi) is 4.53. The van der Waals surface area contributed by atoms with Gasteiger partial charge in [-0.1, -0.05) is 19.1 Å². The summed E-state index contributed by atoms with van der Waals surface area (Å²) >= 11 is 2.96. The summed E-state index contributed by atoms with van der Waals surface area (Å²) in [5.74, 6) is -0.612. The van der Waals surface area contributed by atoms with Gasteiger partial charge >= 0.3 is 0 Å². The van der Waals surface area contributed by atoms with Crippen LogP contribution in [-0.2, 0) is 16.4 Å². The van der Waals surface area contributed by atoms with Crippen LogP contribution in [0, 0.1) is 5.82 Å². The largest absolute Gasteiger partial charge is 0.398 e. The van der Waals surface area contributed by atoms with Crippen molar-refractivity contribution in [2.24, 2.45) is 0 Å². The third kappa shape index (κ3) is 3.54. The Morgan fingerprint density at radius 1 is 1.29 bits per heavy atom. The van der Waals surface area contributed by atoms with Crippen LogP contribution in [0.25, 0.3) is 0 Å². The van der Waals surface area contributed by atoms with Gasteiger partial charge in [0.1, 0.15) is 10.7 Å². The fraction of sp³-hybridized carbons (Fsp3) is 0.143. The molecule has 112 valence electrons. The fourth-order valence-electron chi connectivity index (χ4n) is 1.84. The molecule has 0 aromatic heterocycles. The number of rotatable bonds is 4. The molecular weight excluding hydrogens is 359 g/mol. The van der Waals surface area contributed by atoms with Crippen molar-refractivity contribution in [3.63, 3.8) is 0 Å². The fourth-order valence-corrected chi connectivity index (χ4v) is 3.53. The molecule has 4 nitrogen and oxygen atoms in total. The minimum absolute atomic E-state index is 0.0411. The number of hydrogen-bond donors (Lipinski definition) is 2. The molecule has 0 radical (unpaired) electrons. The van der Waals surface area contributed by atoms with Gasteiger partial charge in [0.05, 0.1) is 10.2 Å². The number of benzene rings is 2. The molecule has 0 saturated heterocycles. The quantitative estimate of drug-likeness (QED) is 0.806. The number of hydrogen-bond acceptors (Lipinski definition) is 3. The molecule has 0 aliphatic heterocycles. The van der Waals surface area contributed by atoms with Crippen molar-refractivity contribution in [3.05, 3.63) is 52.3 Å². The molecule has 0 saturated carbocycles. The van der Waals surface area contributed by atoms with Crippen LogP contribution in [0.4, 0.5) is 15.8 Å². The molecular formula is C14H14BrFN2O2S. The maximum atomic E-state index is 13.3. The van der Waals surface area contributed by atoms with E-state index < -0.39 is 15.8 Å². The first kappa shape index (κ1) is 15.8. The van der Waals surface area contributed by atoms with Crippen LogP contribution in [-0.4, -0.2) is 8.42 Å². The molecule has 0 heterocycles. The minimum Gasteiger partial charge on any atom is -0.398 e. The van der Waals surface area contributed by atoms with Gasteiger partial charge in [0, 0.05) is 5.69 Å². The van der Waals surface area contributed by atoms with Crippen LogP contribution in [0.2, 0.25) is 0 Å². The zero-order valence-corrected chi connectivity index (χ0v) is 13.6. The lowest BCUT2D eigenvalue weighted by molar-refractivity contribution is 0.599. The summed E-state index contributed by atoms with van der Waals surface area (Å²) < 4.78 is 40.5. The second kappa shape index (κ2) is 6.03. The Morgan fingerprint density at radius 2 is 2.00 bits per heavy atom. The van der Waals surface area contributed by atoms with Crippen molar-refractivity contribution in [1.29, 1.82) is 0 Å². The average Bonchev–Trinajstić information content (AvgIpc) is 2.42. The summed E-state index contributed by atoms with van der Waals surface area (Å²) in [5.41, 5.74) is 6.90. The number of halogens is 2. The lowest BCUT2D eigenvalue weighted by atomic mass is 10.1. The normalized spacial score (nSPS) is 11.4. The lowest BCUT2D eigenvalue weighted by Crippen LogP contribution is -2.15. The second-order valence-corrected chi connectivity index (χ2v) is 6.97. The highest BCUT2D eigenvalue weighted by Gasteiger charge is 2.20. The van der Waals surface area contributed by atoms with E-state index in [2.05, 4.69) is 20.7 Å². The van der Waals surface area contributed by atoms with Gasteiger partial charge in [-0.3, -0.25) is 4.72 Å². The molecule has 0 atom stereocenters. The Morgan fingerprint density at radius 3 is 2.67 bits per heavy atom. The summed E-state index contributed by atoms with van der Waals surface area (Å²) in [5, 5.41) is 0. The highest BCUT2D eigenvalue weighted by atomic mass is 79.9. The van der Waals surface area contributed by atoms with Gasteiger partial charge in [0.15, 0.2) is 0 Å². The number of anilines is 2.